The van der Waals surface area contributed by atoms with Crippen molar-refractivity contribution in [1.82, 2.24) is 8.87 Å². The van der Waals surface area contributed by atoms with Crippen LogP contribution in [0.15, 0.2) is 52.4 Å². The number of esters is 1. The summed E-state index contributed by atoms with van der Waals surface area (Å²) in [6.45, 7) is 6.61. The van der Waals surface area contributed by atoms with E-state index in [9.17, 15) is 18.0 Å². The quantitative estimate of drug-likeness (QED) is 0.401. The lowest BCUT2D eigenvalue weighted by Gasteiger charge is -2.30. The first-order chi connectivity index (χ1) is 17.7. The molecule has 0 bridgehead atoms. The maximum Gasteiger partial charge on any atom is 0.326 e. The van der Waals surface area contributed by atoms with Gasteiger partial charge < -0.3 is 14.0 Å². The minimum absolute atomic E-state index is 0.0653. The summed E-state index contributed by atoms with van der Waals surface area (Å²) in [4.78, 5) is 30.6. The molecule has 11 heteroatoms. The van der Waals surface area contributed by atoms with E-state index in [1.165, 1.54) is 15.6 Å². The average molecular weight is 546 g/mol. The van der Waals surface area contributed by atoms with Gasteiger partial charge in [0.2, 0.25) is 10.0 Å². The number of ether oxygens (including phenoxy) is 2. The van der Waals surface area contributed by atoms with Crippen LogP contribution >= 0.6 is 11.3 Å². The van der Waals surface area contributed by atoms with Crippen molar-refractivity contribution in [2.75, 3.05) is 26.3 Å². The summed E-state index contributed by atoms with van der Waals surface area (Å²) in [6, 6.07) is 12.2. The number of carbonyl (C=O) groups excluding carboxylic acids is 2. The van der Waals surface area contributed by atoms with Crippen LogP contribution in [-0.2, 0) is 30.9 Å². The number of sulfonamides is 1. The van der Waals surface area contributed by atoms with Crippen molar-refractivity contribution in [3.8, 4) is 5.75 Å². The normalized spacial score (nSPS) is 17.2. The molecule has 0 aliphatic carbocycles. The first kappa shape index (κ1) is 27.0. The van der Waals surface area contributed by atoms with E-state index in [2.05, 4.69) is 4.99 Å². The number of amides is 1. The second-order valence-corrected chi connectivity index (χ2v) is 11.8. The number of fused-ring (bicyclic) bond motifs is 1. The summed E-state index contributed by atoms with van der Waals surface area (Å²) < 4.78 is 40.9. The minimum atomic E-state index is -3.72. The summed E-state index contributed by atoms with van der Waals surface area (Å²) in [5.41, 5.74) is 1.71. The van der Waals surface area contributed by atoms with Gasteiger partial charge in [0.25, 0.3) is 5.91 Å². The molecule has 3 aromatic rings. The molecule has 1 aliphatic heterocycles. The van der Waals surface area contributed by atoms with Crippen molar-refractivity contribution in [3.05, 3.63) is 52.8 Å². The Bertz CT molecular complexity index is 1460. The highest BCUT2D eigenvalue weighted by atomic mass is 32.2. The number of rotatable bonds is 8. The van der Waals surface area contributed by atoms with E-state index in [1.54, 1.807) is 41.8 Å². The van der Waals surface area contributed by atoms with Gasteiger partial charge in [0.15, 0.2) is 4.80 Å². The second-order valence-electron chi connectivity index (χ2n) is 8.80. The van der Waals surface area contributed by atoms with Gasteiger partial charge in [0.1, 0.15) is 12.3 Å². The largest absolute Gasteiger partial charge is 0.494 e. The number of nitrogens with zero attached hydrogens (tertiary/aromatic N) is 3. The highest BCUT2D eigenvalue weighted by Gasteiger charge is 2.33. The Balaban J connectivity index is 1.64. The third-order valence-corrected chi connectivity index (χ3v) is 9.08. The predicted octanol–water partition coefficient (Wildman–Crippen LogP) is 3.50. The zero-order valence-electron chi connectivity index (χ0n) is 21.2. The fourth-order valence-electron chi connectivity index (χ4n) is 4.29. The molecule has 2 heterocycles. The van der Waals surface area contributed by atoms with Crippen molar-refractivity contribution < 1.29 is 27.5 Å². The Morgan fingerprint density at radius 2 is 1.86 bits per heavy atom. The Morgan fingerprint density at radius 3 is 2.57 bits per heavy atom. The van der Waals surface area contributed by atoms with E-state index in [4.69, 9.17) is 9.47 Å². The Morgan fingerprint density at radius 1 is 1.11 bits per heavy atom. The molecular weight excluding hydrogens is 514 g/mol. The zero-order valence-corrected chi connectivity index (χ0v) is 22.8. The molecule has 1 saturated heterocycles. The van der Waals surface area contributed by atoms with Crippen molar-refractivity contribution in [2.24, 2.45) is 10.9 Å². The van der Waals surface area contributed by atoms with Crippen LogP contribution in [0.3, 0.4) is 0 Å². The molecule has 0 radical (unpaired) electrons. The van der Waals surface area contributed by atoms with Gasteiger partial charge in [-0.2, -0.15) is 9.30 Å². The summed E-state index contributed by atoms with van der Waals surface area (Å²) in [5, 5.41) is 0. The fraction of sp³-hybridized carbons (Fsp3) is 0.423. The van der Waals surface area contributed by atoms with Crippen molar-refractivity contribution in [1.29, 1.82) is 0 Å². The maximum atomic E-state index is 13.3. The third-order valence-electron chi connectivity index (χ3n) is 6.16. The molecule has 1 aromatic heterocycles. The molecule has 0 N–H and O–H groups in total. The molecule has 1 aliphatic rings. The number of aromatic nitrogens is 1. The molecule has 1 amide bonds. The molecule has 0 saturated carbocycles. The van der Waals surface area contributed by atoms with Gasteiger partial charge in [-0.25, -0.2) is 8.42 Å². The van der Waals surface area contributed by atoms with Crippen molar-refractivity contribution in [2.45, 2.75) is 45.1 Å². The van der Waals surface area contributed by atoms with Crippen LogP contribution in [0.2, 0.25) is 0 Å². The summed E-state index contributed by atoms with van der Waals surface area (Å²) in [5.74, 6) is -0.730. The minimum Gasteiger partial charge on any atom is -0.494 e. The third kappa shape index (κ3) is 6.11. The van der Waals surface area contributed by atoms with E-state index in [-0.39, 0.29) is 24.6 Å². The molecule has 1 unspecified atom stereocenters. The predicted molar refractivity (Wildman–Crippen MR) is 141 cm³/mol. The van der Waals surface area contributed by atoms with Crippen LogP contribution in [0, 0.1) is 12.8 Å². The van der Waals surface area contributed by atoms with Gasteiger partial charge in [0, 0.05) is 13.1 Å². The van der Waals surface area contributed by atoms with Gasteiger partial charge in [-0.05, 0) is 63.9 Å². The van der Waals surface area contributed by atoms with E-state index >= 15 is 0 Å². The van der Waals surface area contributed by atoms with Gasteiger partial charge in [-0.3, -0.25) is 9.59 Å². The smallest absolute Gasteiger partial charge is 0.326 e. The average Bonchev–Trinajstić information content (AvgIpc) is 3.20. The Hall–Kier alpha value is -3.02. The molecule has 0 spiro atoms. The molecular formula is C26H31N3O6S2. The summed E-state index contributed by atoms with van der Waals surface area (Å²) in [7, 11) is -3.72. The number of hydrogen-bond acceptors (Lipinski definition) is 7. The first-order valence-electron chi connectivity index (χ1n) is 12.3. The molecule has 1 fully saturated rings. The van der Waals surface area contributed by atoms with Crippen molar-refractivity contribution in [3.63, 3.8) is 0 Å². The lowest BCUT2D eigenvalue weighted by Crippen LogP contribution is -2.42. The Kier molecular flexibility index (Phi) is 8.46. The summed E-state index contributed by atoms with van der Waals surface area (Å²) in [6.07, 6.45) is 1.10. The number of benzene rings is 2. The topological polar surface area (TPSA) is 107 Å². The van der Waals surface area contributed by atoms with Gasteiger partial charge in [0.05, 0.1) is 34.2 Å². The lowest BCUT2D eigenvalue weighted by molar-refractivity contribution is -0.143. The van der Waals surface area contributed by atoms with Gasteiger partial charge in [-0.15, -0.1) is 0 Å². The highest BCUT2D eigenvalue weighted by Crippen LogP contribution is 2.26. The monoisotopic (exact) mass is 545 g/mol. The van der Waals surface area contributed by atoms with Crippen LogP contribution in [0.25, 0.3) is 10.2 Å². The number of piperidine rings is 1. The van der Waals surface area contributed by atoms with Crippen molar-refractivity contribution >= 4 is 43.5 Å². The van der Waals surface area contributed by atoms with E-state index < -0.39 is 27.8 Å². The van der Waals surface area contributed by atoms with Crippen LogP contribution < -0.4 is 9.54 Å². The van der Waals surface area contributed by atoms with E-state index in [1.807, 2.05) is 26.0 Å². The fourth-order valence-corrected chi connectivity index (χ4v) is 6.88. The molecule has 37 heavy (non-hydrogen) atoms. The van der Waals surface area contributed by atoms with Gasteiger partial charge in [-0.1, -0.05) is 29.0 Å². The van der Waals surface area contributed by atoms with E-state index in [0.717, 1.165) is 15.8 Å². The first-order valence-corrected chi connectivity index (χ1v) is 14.6. The molecule has 4 rings (SSSR count). The SMILES string of the molecule is CCOC(=O)Cn1c(=NC(=O)C2CCCN(S(=O)(=O)c3ccc(C)cc3)C2)sc2cc(OCC)ccc21. The molecule has 2 aromatic carbocycles. The molecule has 9 nitrogen and oxygen atoms in total. The van der Waals surface area contributed by atoms with Crippen LogP contribution in [0.5, 0.6) is 5.75 Å². The second kappa shape index (κ2) is 11.6. The lowest BCUT2D eigenvalue weighted by atomic mass is 9.99. The standard InChI is InChI=1S/C26H31N3O6S2/c1-4-34-20-10-13-22-23(15-20)36-26(29(22)17-24(30)35-5-2)27-25(31)19-7-6-14-28(16-19)37(32,33)21-11-8-18(3)9-12-21/h8-13,15,19H,4-7,14,16-17H2,1-3H3. The van der Waals surface area contributed by atoms with Crippen LogP contribution in [-0.4, -0.2) is 55.5 Å². The summed E-state index contributed by atoms with van der Waals surface area (Å²) >= 11 is 1.28. The number of thiazole rings is 1. The van der Waals surface area contributed by atoms with Crippen LogP contribution in [0.1, 0.15) is 32.3 Å². The molecule has 1 atom stereocenters. The Labute approximate surface area is 220 Å². The van der Waals surface area contributed by atoms with Crippen LogP contribution in [0.4, 0.5) is 0 Å². The van der Waals surface area contributed by atoms with Gasteiger partial charge >= 0.3 is 5.97 Å². The zero-order chi connectivity index (χ0) is 26.6. The molecule has 198 valence electrons. The maximum absolute atomic E-state index is 13.3. The number of hydrogen-bond donors (Lipinski definition) is 0. The number of carbonyl (C=O) groups is 2. The highest BCUT2D eigenvalue weighted by molar-refractivity contribution is 7.89. The number of aryl methyl sites for hydroxylation is 1. The van der Waals surface area contributed by atoms with E-state index in [0.29, 0.717) is 36.5 Å².